The van der Waals surface area contributed by atoms with Crippen LogP contribution in [0.3, 0.4) is 0 Å². The van der Waals surface area contributed by atoms with Crippen molar-refractivity contribution in [3.63, 3.8) is 0 Å². The van der Waals surface area contributed by atoms with Crippen LogP contribution in [0.15, 0.2) is 56.1 Å². The van der Waals surface area contributed by atoms with Crippen molar-refractivity contribution in [1.29, 1.82) is 0 Å². The first-order chi connectivity index (χ1) is 7.77. The molecule has 0 aliphatic carbocycles. The highest BCUT2D eigenvalue weighted by Crippen LogP contribution is 2.24. The van der Waals surface area contributed by atoms with Gasteiger partial charge in [0.05, 0.1) is 15.2 Å². The fourth-order valence-corrected chi connectivity index (χ4v) is 2.24. The van der Waals surface area contributed by atoms with Crippen molar-refractivity contribution in [3.8, 4) is 0 Å². The van der Waals surface area contributed by atoms with E-state index in [4.69, 9.17) is 4.42 Å². The van der Waals surface area contributed by atoms with Crippen LogP contribution < -0.4 is 5.43 Å². The van der Waals surface area contributed by atoms with Crippen molar-refractivity contribution in [3.05, 3.63) is 57.2 Å². The molecule has 3 aromatic rings. The Morgan fingerprint density at radius 2 is 1.69 bits per heavy atom. The van der Waals surface area contributed by atoms with E-state index in [0.717, 1.165) is 4.47 Å². The molecular weight excluding hydrogens is 268 g/mol. The lowest BCUT2D eigenvalue weighted by Crippen LogP contribution is -2.01. The van der Waals surface area contributed by atoms with Gasteiger partial charge in [-0.15, -0.1) is 0 Å². The van der Waals surface area contributed by atoms with Crippen LogP contribution in [-0.4, -0.2) is 0 Å². The lowest BCUT2D eigenvalue weighted by Gasteiger charge is -2.01. The second-order valence-corrected chi connectivity index (χ2v) is 4.40. The van der Waals surface area contributed by atoms with Gasteiger partial charge in [-0.1, -0.05) is 18.2 Å². The van der Waals surface area contributed by atoms with E-state index in [1.165, 1.54) is 0 Å². The third-order valence-electron chi connectivity index (χ3n) is 2.56. The highest BCUT2D eigenvalue weighted by molar-refractivity contribution is 9.10. The zero-order valence-corrected chi connectivity index (χ0v) is 9.82. The minimum Gasteiger partial charge on any atom is -0.455 e. The summed E-state index contributed by atoms with van der Waals surface area (Å²) >= 11 is 3.38. The van der Waals surface area contributed by atoms with Crippen LogP contribution in [0, 0.1) is 0 Å². The maximum Gasteiger partial charge on any atom is 0.200 e. The number of para-hydroxylation sites is 2. The third kappa shape index (κ3) is 1.28. The Labute approximate surface area is 99.6 Å². The molecule has 0 N–H and O–H groups in total. The molecule has 2 aromatic carbocycles. The zero-order chi connectivity index (χ0) is 11.1. The number of hydrogen-bond donors (Lipinski definition) is 0. The van der Waals surface area contributed by atoms with Gasteiger partial charge in [0.15, 0.2) is 5.58 Å². The number of benzene rings is 2. The van der Waals surface area contributed by atoms with E-state index < -0.39 is 0 Å². The van der Waals surface area contributed by atoms with Gasteiger partial charge < -0.3 is 4.42 Å². The molecule has 0 bridgehead atoms. The predicted molar refractivity (Wildman–Crippen MR) is 67.7 cm³/mol. The minimum atomic E-state index is 0.0122. The molecule has 0 unspecified atom stereocenters. The van der Waals surface area contributed by atoms with Gasteiger partial charge >= 0.3 is 0 Å². The van der Waals surface area contributed by atoms with E-state index in [2.05, 4.69) is 15.9 Å². The van der Waals surface area contributed by atoms with E-state index in [1.54, 1.807) is 18.2 Å². The number of hydrogen-bond acceptors (Lipinski definition) is 2. The lowest BCUT2D eigenvalue weighted by atomic mass is 10.1. The van der Waals surface area contributed by atoms with Crippen LogP contribution in [0.1, 0.15) is 0 Å². The average Bonchev–Trinajstić information content (AvgIpc) is 2.31. The van der Waals surface area contributed by atoms with Crippen LogP contribution in [0.2, 0.25) is 0 Å². The van der Waals surface area contributed by atoms with Crippen molar-refractivity contribution >= 4 is 37.9 Å². The molecule has 78 valence electrons. The molecule has 0 radical (unpaired) electrons. The van der Waals surface area contributed by atoms with Crippen molar-refractivity contribution in [2.24, 2.45) is 0 Å². The van der Waals surface area contributed by atoms with Gasteiger partial charge in [0.1, 0.15) is 5.58 Å². The summed E-state index contributed by atoms with van der Waals surface area (Å²) in [5.74, 6) is 0. The molecule has 0 aliphatic heterocycles. The highest BCUT2D eigenvalue weighted by atomic mass is 79.9. The van der Waals surface area contributed by atoms with Crippen LogP contribution >= 0.6 is 15.9 Å². The smallest absolute Gasteiger partial charge is 0.200 e. The summed E-state index contributed by atoms with van der Waals surface area (Å²) in [6, 6.07) is 12.7. The monoisotopic (exact) mass is 274 g/mol. The summed E-state index contributed by atoms with van der Waals surface area (Å²) in [6.45, 7) is 0. The van der Waals surface area contributed by atoms with E-state index in [9.17, 15) is 4.79 Å². The molecule has 0 aliphatic rings. The third-order valence-corrected chi connectivity index (χ3v) is 3.18. The molecule has 16 heavy (non-hydrogen) atoms. The molecule has 3 heteroatoms. The van der Waals surface area contributed by atoms with Gasteiger partial charge in [-0.2, -0.15) is 0 Å². The largest absolute Gasteiger partial charge is 0.455 e. The predicted octanol–water partition coefficient (Wildman–Crippen LogP) is 3.71. The van der Waals surface area contributed by atoms with Gasteiger partial charge in [0, 0.05) is 0 Å². The van der Waals surface area contributed by atoms with E-state index in [-0.39, 0.29) is 5.43 Å². The first kappa shape index (κ1) is 9.60. The Morgan fingerprint density at radius 1 is 0.938 bits per heavy atom. The fraction of sp³-hybridized carbons (Fsp3) is 0. The Balaban J connectivity index is 2.67. The molecule has 0 amide bonds. The Hall–Kier alpha value is -1.61. The fourth-order valence-electron chi connectivity index (χ4n) is 1.79. The quantitative estimate of drug-likeness (QED) is 0.585. The summed E-state index contributed by atoms with van der Waals surface area (Å²) in [7, 11) is 0. The highest BCUT2D eigenvalue weighted by Gasteiger charge is 2.08. The summed E-state index contributed by atoms with van der Waals surface area (Å²) in [6.07, 6.45) is 0. The average molecular weight is 275 g/mol. The molecule has 2 nitrogen and oxygen atoms in total. The van der Waals surface area contributed by atoms with Crippen molar-refractivity contribution in [2.75, 3.05) is 0 Å². The van der Waals surface area contributed by atoms with Crippen LogP contribution in [0.4, 0.5) is 0 Å². The van der Waals surface area contributed by atoms with Gasteiger partial charge in [-0.05, 0) is 40.2 Å². The molecule has 1 aromatic heterocycles. The maximum atomic E-state index is 12.2. The maximum absolute atomic E-state index is 12.2. The molecule has 0 saturated carbocycles. The summed E-state index contributed by atoms with van der Waals surface area (Å²) in [5.41, 5.74) is 1.23. The number of rotatable bonds is 0. The molecule has 1 heterocycles. The molecule has 0 atom stereocenters. The molecule has 0 fully saturated rings. The van der Waals surface area contributed by atoms with Crippen LogP contribution in [0.5, 0.6) is 0 Å². The summed E-state index contributed by atoms with van der Waals surface area (Å²) in [5, 5.41) is 1.22. The molecular formula is C13H7BrO2. The number of fused-ring (bicyclic) bond motifs is 2. The van der Waals surface area contributed by atoms with Crippen molar-refractivity contribution in [1.82, 2.24) is 0 Å². The minimum absolute atomic E-state index is 0.0122. The van der Waals surface area contributed by atoms with Crippen LogP contribution in [-0.2, 0) is 0 Å². The van der Waals surface area contributed by atoms with E-state index in [1.807, 2.05) is 24.3 Å². The molecule has 3 rings (SSSR count). The SMILES string of the molecule is O=c1c2ccccc2oc2c(Br)cccc12. The van der Waals surface area contributed by atoms with E-state index in [0.29, 0.717) is 21.9 Å². The zero-order valence-electron chi connectivity index (χ0n) is 8.24. The van der Waals surface area contributed by atoms with Gasteiger partial charge in [0.25, 0.3) is 0 Å². The second-order valence-electron chi connectivity index (χ2n) is 3.54. The van der Waals surface area contributed by atoms with Gasteiger partial charge in [-0.3, -0.25) is 4.79 Å². The standard InChI is InChI=1S/C13H7BrO2/c14-10-6-3-5-9-12(15)8-4-1-2-7-11(8)16-13(9)10/h1-7H. The number of halogens is 1. The topological polar surface area (TPSA) is 30.2 Å². The first-order valence-electron chi connectivity index (χ1n) is 4.87. The van der Waals surface area contributed by atoms with Crippen molar-refractivity contribution < 1.29 is 4.42 Å². The first-order valence-corrected chi connectivity index (χ1v) is 5.67. The Bertz CT molecular complexity index is 744. The normalized spacial score (nSPS) is 11.1. The van der Waals surface area contributed by atoms with Crippen LogP contribution in [0.25, 0.3) is 21.9 Å². The van der Waals surface area contributed by atoms with Gasteiger partial charge in [-0.25, -0.2) is 0 Å². The van der Waals surface area contributed by atoms with Crippen molar-refractivity contribution in [2.45, 2.75) is 0 Å². The second kappa shape index (κ2) is 3.46. The summed E-state index contributed by atoms with van der Waals surface area (Å²) in [4.78, 5) is 12.2. The molecule has 0 saturated heterocycles. The lowest BCUT2D eigenvalue weighted by molar-refractivity contribution is 0.658. The summed E-state index contributed by atoms with van der Waals surface area (Å²) < 4.78 is 6.51. The Morgan fingerprint density at radius 3 is 2.56 bits per heavy atom. The van der Waals surface area contributed by atoms with Gasteiger partial charge in [0.2, 0.25) is 5.43 Å². The van der Waals surface area contributed by atoms with E-state index >= 15 is 0 Å². The Kier molecular flexibility index (Phi) is 2.07. The molecule has 0 spiro atoms.